The van der Waals surface area contributed by atoms with Crippen molar-refractivity contribution >= 4 is 5.91 Å². The Bertz CT molecular complexity index is 301. The van der Waals surface area contributed by atoms with Gasteiger partial charge in [0.05, 0.1) is 11.8 Å². The molecule has 0 radical (unpaired) electrons. The van der Waals surface area contributed by atoms with Crippen molar-refractivity contribution in [3.05, 3.63) is 18.0 Å². The van der Waals surface area contributed by atoms with E-state index in [1.54, 1.807) is 12.4 Å². The van der Waals surface area contributed by atoms with Crippen LogP contribution in [0, 0.1) is 0 Å². The Morgan fingerprint density at radius 2 is 2.54 bits per heavy atom. The predicted octanol–water partition coefficient (Wildman–Crippen LogP) is 1.08. The first kappa shape index (κ1) is 8.29. The number of H-pyrrole nitrogens is 1. The normalized spacial score (nSPS) is 18.2. The molecule has 1 aromatic rings. The van der Waals surface area contributed by atoms with E-state index in [1.807, 2.05) is 0 Å². The molecule has 1 aliphatic rings. The Morgan fingerprint density at radius 3 is 3.00 bits per heavy atom. The van der Waals surface area contributed by atoms with Gasteiger partial charge in [0.2, 0.25) is 0 Å². The van der Waals surface area contributed by atoms with Crippen molar-refractivity contribution in [2.24, 2.45) is 0 Å². The monoisotopic (exact) mass is 179 g/mol. The van der Waals surface area contributed by atoms with E-state index < -0.39 is 0 Å². The zero-order chi connectivity index (χ0) is 9.31. The lowest BCUT2D eigenvalue weighted by atomic mass is 10.2. The van der Waals surface area contributed by atoms with Crippen LogP contribution in [0.2, 0.25) is 0 Å². The van der Waals surface area contributed by atoms with Crippen LogP contribution >= 0.6 is 0 Å². The topological polar surface area (TPSA) is 57.8 Å². The van der Waals surface area contributed by atoms with Crippen LogP contribution in [0.25, 0.3) is 0 Å². The third-order valence-electron chi connectivity index (χ3n) is 2.67. The van der Waals surface area contributed by atoms with Crippen LogP contribution in [0.4, 0.5) is 0 Å². The minimum Gasteiger partial charge on any atom is -0.347 e. The van der Waals surface area contributed by atoms with Gasteiger partial charge in [-0.3, -0.25) is 9.89 Å². The van der Waals surface area contributed by atoms with Gasteiger partial charge in [0.1, 0.15) is 0 Å². The lowest BCUT2D eigenvalue weighted by Crippen LogP contribution is -2.35. The molecular formula is C9H13N3O. The average molecular weight is 179 g/mol. The number of amides is 1. The van der Waals surface area contributed by atoms with Gasteiger partial charge in [0.15, 0.2) is 0 Å². The van der Waals surface area contributed by atoms with Crippen LogP contribution in [0.3, 0.4) is 0 Å². The molecule has 1 amide bonds. The molecule has 0 spiro atoms. The molecule has 0 unspecified atom stereocenters. The molecule has 0 bridgehead atoms. The highest BCUT2D eigenvalue weighted by Crippen LogP contribution is 2.38. The fraction of sp³-hybridized carbons (Fsp3) is 0.556. The number of rotatable bonds is 3. The smallest absolute Gasteiger partial charge is 0.254 e. The summed E-state index contributed by atoms with van der Waals surface area (Å²) in [7, 11) is 0. The SMILES string of the molecule is CCC1(NC(=O)c2cn[nH]c2)CC1. The molecule has 4 nitrogen and oxygen atoms in total. The van der Waals surface area contributed by atoms with E-state index in [4.69, 9.17) is 0 Å². The molecule has 70 valence electrons. The Hall–Kier alpha value is -1.32. The van der Waals surface area contributed by atoms with Gasteiger partial charge in [-0.2, -0.15) is 5.10 Å². The maximum Gasteiger partial charge on any atom is 0.254 e. The molecule has 1 saturated carbocycles. The molecule has 0 aromatic carbocycles. The second-order valence-corrected chi connectivity index (χ2v) is 3.57. The Kier molecular flexibility index (Phi) is 1.83. The van der Waals surface area contributed by atoms with Crippen molar-refractivity contribution in [2.45, 2.75) is 31.7 Å². The van der Waals surface area contributed by atoms with Crippen LogP contribution in [0.1, 0.15) is 36.5 Å². The van der Waals surface area contributed by atoms with Crippen LogP contribution in [0.15, 0.2) is 12.4 Å². The van der Waals surface area contributed by atoms with Crippen LogP contribution in [0.5, 0.6) is 0 Å². The highest BCUT2D eigenvalue weighted by atomic mass is 16.1. The second-order valence-electron chi connectivity index (χ2n) is 3.57. The van der Waals surface area contributed by atoms with Gasteiger partial charge in [0.25, 0.3) is 5.91 Å². The van der Waals surface area contributed by atoms with Crippen molar-refractivity contribution < 1.29 is 4.79 Å². The molecule has 0 aliphatic heterocycles. The number of nitrogens with zero attached hydrogens (tertiary/aromatic N) is 1. The Labute approximate surface area is 76.7 Å². The van der Waals surface area contributed by atoms with E-state index in [-0.39, 0.29) is 11.4 Å². The quantitative estimate of drug-likeness (QED) is 0.729. The summed E-state index contributed by atoms with van der Waals surface area (Å²) >= 11 is 0. The summed E-state index contributed by atoms with van der Waals surface area (Å²) in [5, 5.41) is 9.38. The van der Waals surface area contributed by atoms with Crippen molar-refractivity contribution in [1.29, 1.82) is 0 Å². The van der Waals surface area contributed by atoms with Crippen LogP contribution in [-0.2, 0) is 0 Å². The highest BCUT2D eigenvalue weighted by Gasteiger charge is 2.42. The van der Waals surface area contributed by atoms with E-state index in [0.717, 1.165) is 19.3 Å². The number of nitrogens with one attached hydrogen (secondary N) is 2. The summed E-state index contributed by atoms with van der Waals surface area (Å²) in [6, 6.07) is 0. The van der Waals surface area contributed by atoms with Crippen LogP contribution < -0.4 is 5.32 Å². The molecule has 0 atom stereocenters. The first-order chi connectivity index (χ1) is 6.26. The van der Waals surface area contributed by atoms with E-state index in [9.17, 15) is 4.79 Å². The molecular weight excluding hydrogens is 166 g/mol. The first-order valence-electron chi connectivity index (χ1n) is 4.57. The molecule has 0 saturated heterocycles. The van der Waals surface area contributed by atoms with Crippen molar-refractivity contribution in [1.82, 2.24) is 15.5 Å². The molecule has 13 heavy (non-hydrogen) atoms. The second kappa shape index (κ2) is 2.87. The molecule has 1 aromatic heterocycles. The Morgan fingerprint density at radius 1 is 1.77 bits per heavy atom. The van der Waals surface area contributed by atoms with Gasteiger partial charge in [-0.15, -0.1) is 0 Å². The third kappa shape index (κ3) is 1.56. The van der Waals surface area contributed by atoms with Gasteiger partial charge in [0, 0.05) is 11.7 Å². The van der Waals surface area contributed by atoms with Crippen molar-refractivity contribution in [2.75, 3.05) is 0 Å². The average Bonchev–Trinajstić information content (AvgIpc) is 2.69. The van der Waals surface area contributed by atoms with E-state index >= 15 is 0 Å². The van der Waals surface area contributed by atoms with Crippen molar-refractivity contribution in [3.63, 3.8) is 0 Å². The minimum absolute atomic E-state index is 0.0203. The zero-order valence-electron chi connectivity index (χ0n) is 7.63. The van der Waals surface area contributed by atoms with Gasteiger partial charge >= 0.3 is 0 Å². The summed E-state index contributed by atoms with van der Waals surface area (Å²) in [5.41, 5.74) is 0.702. The molecule has 1 fully saturated rings. The molecule has 2 N–H and O–H groups in total. The van der Waals surface area contributed by atoms with Gasteiger partial charge in [-0.1, -0.05) is 6.92 Å². The number of carbonyl (C=O) groups is 1. The van der Waals surface area contributed by atoms with Gasteiger partial charge in [-0.25, -0.2) is 0 Å². The number of hydrogen-bond acceptors (Lipinski definition) is 2. The molecule has 1 heterocycles. The molecule has 2 rings (SSSR count). The van der Waals surface area contributed by atoms with Gasteiger partial charge < -0.3 is 5.32 Å². The first-order valence-corrected chi connectivity index (χ1v) is 4.57. The maximum atomic E-state index is 11.5. The standard InChI is InChI=1S/C9H13N3O/c1-2-9(3-4-9)12-8(13)7-5-10-11-6-7/h5-6H,2-4H2,1H3,(H,10,11)(H,12,13). The largest absolute Gasteiger partial charge is 0.347 e. The summed E-state index contributed by atoms with van der Waals surface area (Å²) in [6.45, 7) is 2.10. The van der Waals surface area contributed by atoms with E-state index in [1.165, 1.54) is 0 Å². The summed E-state index contributed by atoms with van der Waals surface area (Å²) < 4.78 is 0. The fourth-order valence-corrected chi connectivity index (χ4v) is 1.41. The predicted molar refractivity (Wildman–Crippen MR) is 48.3 cm³/mol. The van der Waals surface area contributed by atoms with Crippen molar-refractivity contribution in [3.8, 4) is 0 Å². The number of carbonyl (C=O) groups excluding carboxylic acids is 1. The van der Waals surface area contributed by atoms with Gasteiger partial charge in [-0.05, 0) is 19.3 Å². The summed E-state index contributed by atoms with van der Waals surface area (Å²) in [6.07, 6.45) is 6.37. The molecule has 4 heteroatoms. The van der Waals surface area contributed by atoms with E-state index in [2.05, 4.69) is 22.4 Å². The highest BCUT2D eigenvalue weighted by molar-refractivity contribution is 5.94. The maximum absolute atomic E-state index is 11.5. The molecule has 1 aliphatic carbocycles. The minimum atomic E-state index is -0.0203. The summed E-state index contributed by atoms with van der Waals surface area (Å²) in [5.74, 6) is -0.0203. The lowest BCUT2D eigenvalue weighted by Gasteiger charge is -2.13. The Balaban J connectivity index is 2.00. The van der Waals surface area contributed by atoms with E-state index in [0.29, 0.717) is 5.56 Å². The summed E-state index contributed by atoms with van der Waals surface area (Å²) in [4.78, 5) is 11.5. The number of aromatic amines is 1. The van der Waals surface area contributed by atoms with Crippen LogP contribution in [-0.4, -0.2) is 21.6 Å². The third-order valence-corrected chi connectivity index (χ3v) is 2.67. The zero-order valence-corrected chi connectivity index (χ0v) is 7.63. The number of aromatic nitrogens is 2. The fourth-order valence-electron chi connectivity index (χ4n) is 1.41. The number of hydrogen-bond donors (Lipinski definition) is 2. The lowest BCUT2D eigenvalue weighted by molar-refractivity contribution is 0.0930.